The highest BCUT2D eigenvalue weighted by Crippen LogP contribution is 2.47. The van der Waals surface area contributed by atoms with Gasteiger partial charge < -0.3 is 4.55 Å². The highest BCUT2D eigenvalue weighted by atomic mass is 35.5. The molecular formula is C13H9Cl2N2O7S-. The monoisotopic (exact) mass is 407 g/mol. The molecule has 0 bridgehead atoms. The molecule has 1 aliphatic rings. The summed E-state index contributed by atoms with van der Waals surface area (Å²) in [7, 11) is -5.27. The topological polar surface area (TPSA) is 143 Å². The Morgan fingerprint density at radius 3 is 2.20 bits per heavy atom. The van der Waals surface area contributed by atoms with E-state index in [-0.39, 0.29) is 5.56 Å². The lowest BCUT2D eigenvalue weighted by Gasteiger charge is -2.31. The maximum Gasteiger partial charge on any atom is 0.277 e. The molecule has 0 fully saturated rings. The fraction of sp³-hybridized carbons (Fsp3) is 0.231. The Hall–Kier alpha value is -2.01. The fourth-order valence-electron chi connectivity index (χ4n) is 2.63. The number of hydrogen-bond donors (Lipinski definition) is 0. The zero-order valence-electron chi connectivity index (χ0n) is 12.4. The molecule has 0 radical (unpaired) electrons. The molecule has 2 unspecified atom stereocenters. The number of nitro benzene ring substituents is 1. The largest absolute Gasteiger partial charge is 0.747 e. The molecule has 1 aromatic carbocycles. The molecule has 0 saturated carbocycles. The van der Waals surface area contributed by atoms with Crippen LogP contribution in [-0.4, -0.2) is 32.9 Å². The van der Waals surface area contributed by atoms with Crippen LogP contribution < -0.4 is 0 Å². The number of nitro groups is 2. The third-order valence-electron chi connectivity index (χ3n) is 3.51. The van der Waals surface area contributed by atoms with Crippen molar-refractivity contribution < 1.29 is 22.8 Å². The maximum absolute atomic E-state index is 11.5. The van der Waals surface area contributed by atoms with E-state index in [1.807, 2.05) is 0 Å². The van der Waals surface area contributed by atoms with Crippen LogP contribution in [0.15, 0.2) is 41.1 Å². The van der Waals surface area contributed by atoms with Crippen LogP contribution in [0.3, 0.4) is 0 Å². The normalized spacial score (nSPS) is 24.0. The van der Waals surface area contributed by atoms with Crippen LogP contribution in [0.2, 0.25) is 0 Å². The van der Waals surface area contributed by atoms with E-state index in [2.05, 4.69) is 0 Å². The molecular weight excluding hydrogens is 399 g/mol. The lowest BCUT2D eigenvalue weighted by atomic mass is 9.85. The fourth-order valence-corrected chi connectivity index (χ4v) is 4.47. The van der Waals surface area contributed by atoms with Gasteiger partial charge in [0.15, 0.2) is 5.25 Å². The van der Waals surface area contributed by atoms with Gasteiger partial charge in [0.05, 0.1) is 25.9 Å². The van der Waals surface area contributed by atoms with Crippen molar-refractivity contribution in [2.75, 3.05) is 0 Å². The summed E-state index contributed by atoms with van der Waals surface area (Å²) in [5.41, 5.74) is -2.38. The summed E-state index contributed by atoms with van der Waals surface area (Å²) >= 11 is 12.0. The average Bonchev–Trinajstić information content (AvgIpc) is 2.43. The van der Waals surface area contributed by atoms with E-state index in [1.165, 1.54) is 25.1 Å². The zero-order valence-corrected chi connectivity index (χ0v) is 14.7. The van der Waals surface area contributed by atoms with Gasteiger partial charge in [-0.2, -0.15) is 0 Å². The summed E-state index contributed by atoms with van der Waals surface area (Å²) in [5, 5.41) is 19.8. The molecule has 0 amide bonds. The van der Waals surface area contributed by atoms with Gasteiger partial charge in [-0.05, 0) is 19.1 Å². The molecule has 12 heteroatoms. The van der Waals surface area contributed by atoms with Crippen molar-refractivity contribution in [1.29, 1.82) is 0 Å². The van der Waals surface area contributed by atoms with Gasteiger partial charge in [-0.3, -0.25) is 20.2 Å². The Bertz CT molecular complexity index is 937. The number of benzene rings is 1. The average molecular weight is 408 g/mol. The molecule has 0 heterocycles. The Kier molecular flexibility index (Phi) is 4.92. The molecule has 0 spiro atoms. The van der Waals surface area contributed by atoms with Crippen molar-refractivity contribution >= 4 is 44.6 Å². The molecule has 1 aromatic rings. The number of alkyl halides is 1. The predicted molar refractivity (Wildman–Crippen MR) is 88.7 cm³/mol. The van der Waals surface area contributed by atoms with Crippen LogP contribution in [0, 0.1) is 20.2 Å². The van der Waals surface area contributed by atoms with Gasteiger partial charge in [-0.1, -0.05) is 23.7 Å². The van der Waals surface area contributed by atoms with Crippen molar-refractivity contribution in [2.24, 2.45) is 0 Å². The molecule has 2 rings (SSSR count). The summed E-state index contributed by atoms with van der Waals surface area (Å²) in [6.07, 6.45) is 0.954. The molecule has 1 aliphatic carbocycles. The first-order valence-corrected chi connectivity index (χ1v) is 8.75. The summed E-state index contributed by atoms with van der Waals surface area (Å²) in [4.78, 5) is 19.1. The van der Waals surface area contributed by atoms with E-state index in [9.17, 15) is 33.2 Å². The molecule has 9 nitrogen and oxygen atoms in total. The van der Waals surface area contributed by atoms with Crippen LogP contribution in [0.5, 0.6) is 0 Å². The van der Waals surface area contributed by atoms with Gasteiger partial charge >= 0.3 is 0 Å². The third kappa shape index (κ3) is 3.52. The van der Waals surface area contributed by atoms with Gasteiger partial charge in [0.1, 0.15) is 10.1 Å². The minimum absolute atomic E-state index is 0.272. The summed E-state index contributed by atoms with van der Waals surface area (Å²) in [5.74, 6) is 0. The number of allylic oxidation sites excluding steroid dienone is 2. The highest BCUT2D eigenvalue weighted by Gasteiger charge is 2.48. The smallest absolute Gasteiger partial charge is 0.277 e. The minimum atomic E-state index is -5.27. The minimum Gasteiger partial charge on any atom is -0.747 e. The molecule has 0 aromatic heterocycles. The molecule has 134 valence electrons. The van der Waals surface area contributed by atoms with E-state index in [0.717, 1.165) is 12.1 Å². The molecule has 0 N–H and O–H groups in total. The van der Waals surface area contributed by atoms with Crippen molar-refractivity contribution in [3.05, 3.63) is 66.9 Å². The van der Waals surface area contributed by atoms with E-state index in [0.29, 0.717) is 0 Å². The van der Waals surface area contributed by atoms with Gasteiger partial charge in [0, 0.05) is 11.1 Å². The molecule has 0 aliphatic heterocycles. The van der Waals surface area contributed by atoms with E-state index in [1.54, 1.807) is 0 Å². The van der Waals surface area contributed by atoms with Crippen LogP contribution in [0.25, 0.3) is 5.57 Å². The number of nitrogens with zero attached hydrogens (tertiary/aromatic N) is 2. The van der Waals surface area contributed by atoms with Crippen LogP contribution in [0.1, 0.15) is 12.5 Å². The SMILES string of the molecule is CC1(Cl)C=C(Cl)C(S(=O)(=O)[O-])C([N+](=O)[O-])=C1c1ccccc1[N+](=O)[O-]. The van der Waals surface area contributed by atoms with E-state index in [4.69, 9.17) is 23.2 Å². The standard InChI is InChI=1S/C13H10Cl2N2O7S/c1-13(15)6-8(14)12(25(22,23)24)11(17(20)21)10(13)7-4-2-3-5-9(7)16(18)19/h2-6,12H,1H3,(H,22,23,24)/p-1. The Morgan fingerprint density at radius 1 is 1.16 bits per heavy atom. The Labute approximate surface area is 151 Å². The second kappa shape index (κ2) is 6.37. The molecule has 0 saturated heterocycles. The van der Waals surface area contributed by atoms with E-state index >= 15 is 0 Å². The number of hydrogen-bond acceptors (Lipinski definition) is 7. The first-order valence-electron chi connectivity index (χ1n) is 6.52. The second-order valence-corrected chi connectivity index (χ2v) is 7.95. The molecule has 2 atom stereocenters. The quantitative estimate of drug-likeness (QED) is 0.322. The first kappa shape index (κ1) is 19.3. The van der Waals surface area contributed by atoms with Crippen LogP contribution in [-0.2, 0) is 10.1 Å². The van der Waals surface area contributed by atoms with Crippen LogP contribution in [0.4, 0.5) is 5.69 Å². The van der Waals surface area contributed by atoms with Crippen molar-refractivity contribution in [3.8, 4) is 0 Å². The Morgan fingerprint density at radius 2 is 1.72 bits per heavy atom. The highest BCUT2D eigenvalue weighted by molar-refractivity contribution is 7.86. The van der Waals surface area contributed by atoms with Crippen LogP contribution >= 0.6 is 23.2 Å². The van der Waals surface area contributed by atoms with Gasteiger partial charge in [-0.15, -0.1) is 11.6 Å². The van der Waals surface area contributed by atoms with Gasteiger partial charge in [0.25, 0.3) is 11.4 Å². The zero-order chi connectivity index (χ0) is 19.2. The Balaban J connectivity index is 2.98. The first-order chi connectivity index (χ1) is 11.4. The number of rotatable bonds is 4. The van der Waals surface area contributed by atoms with Crippen molar-refractivity contribution in [2.45, 2.75) is 17.0 Å². The van der Waals surface area contributed by atoms with Gasteiger partial charge in [0.2, 0.25) is 0 Å². The lowest BCUT2D eigenvalue weighted by molar-refractivity contribution is -0.425. The number of para-hydroxylation sites is 1. The van der Waals surface area contributed by atoms with Crippen molar-refractivity contribution in [3.63, 3.8) is 0 Å². The predicted octanol–water partition coefficient (Wildman–Crippen LogP) is 2.63. The summed E-state index contributed by atoms with van der Waals surface area (Å²) in [6, 6.07) is 4.94. The number of halogens is 2. The maximum atomic E-state index is 11.5. The molecule has 25 heavy (non-hydrogen) atoms. The van der Waals surface area contributed by atoms with E-state index < -0.39 is 52.1 Å². The third-order valence-corrected chi connectivity index (χ3v) is 5.32. The summed E-state index contributed by atoms with van der Waals surface area (Å²) in [6.45, 7) is 1.25. The second-order valence-electron chi connectivity index (χ2n) is 5.27. The van der Waals surface area contributed by atoms with Crippen molar-refractivity contribution in [1.82, 2.24) is 0 Å². The summed E-state index contributed by atoms with van der Waals surface area (Å²) < 4.78 is 34.6. The van der Waals surface area contributed by atoms with Gasteiger partial charge in [-0.25, -0.2) is 8.42 Å². The lowest BCUT2D eigenvalue weighted by Crippen LogP contribution is -2.36.